The van der Waals surface area contributed by atoms with E-state index in [4.69, 9.17) is 4.74 Å². The van der Waals surface area contributed by atoms with Crippen LogP contribution in [0.3, 0.4) is 0 Å². The van der Waals surface area contributed by atoms with E-state index < -0.39 is 11.7 Å². The lowest BCUT2D eigenvalue weighted by molar-refractivity contribution is -0.137. The van der Waals surface area contributed by atoms with Crippen molar-refractivity contribution in [3.63, 3.8) is 0 Å². The summed E-state index contributed by atoms with van der Waals surface area (Å²) in [6.45, 7) is 1.14. The number of aromatic amines is 1. The van der Waals surface area contributed by atoms with Gasteiger partial charge in [-0.2, -0.15) is 18.3 Å². The van der Waals surface area contributed by atoms with E-state index in [-0.39, 0.29) is 12.0 Å². The van der Waals surface area contributed by atoms with Gasteiger partial charge in [0.25, 0.3) is 5.91 Å². The number of morpholine rings is 1. The number of amides is 1. The molecule has 8 heteroatoms. The van der Waals surface area contributed by atoms with Gasteiger partial charge in [-0.15, -0.1) is 0 Å². The average molecular weight is 379 g/mol. The Labute approximate surface area is 154 Å². The molecule has 1 aromatic heterocycles. The van der Waals surface area contributed by atoms with Gasteiger partial charge in [-0.05, 0) is 30.5 Å². The van der Waals surface area contributed by atoms with Crippen LogP contribution >= 0.6 is 0 Å². The maximum atomic E-state index is 12.9. The SMILES string of the molecule is O=C(c1cc(C2CC2)[nH]n1)N1CCOC(Cc2cccc(C(F)(F)F)c2)C1. The predicted octanol–water partition coefficient (Wildman–Crippen LogP) is 3.39. The molecule has 4 rings (SSSR count). The first-order chi connectivity index (χ1) is 12.9. The van der Waals surface area contributed by atoms with Crippen molar-refractivity contribution in [1.82, 2.24) is 15.1 Å². The zero-order chi connectivity index (χ0) is 19.0. The minimum Gasteiger partial charge on any atom is -0.374 e. The fourth-order valence-corrected chi connectivity index (χ4v) is 3.38. The first-order valence-corrected chi connectivity index (χ1v) is 9.02. The van der Waals surface area contributed by atoms with E-state index >= 15 is 0 Å². The lowest BCUT2D eigenvalue weighted by atomic mass is 10.0. The molecule has 2 heterocycles. The number of hydrogen-bond acceptors (Lipinski definition) is 3. The van der Waals surface area contributed by atoms with E-state index in [0.717, 1.165) is 30.7 Å². The lowest BCUT2D eigenvalue weighted by Crippen LogP contribution is -2.46. The van der Waals surface area contributed by atoms with Gasteiger partial charge in [-0.1, -0.05) is 18.2 Å². The minimum atomic E-state index is -4.37. The fraction of sp³-hybridized carbons (Fsp3) is 0.474. The van der Waals surface area contributed by atoms with E-state index in [1.165, 1.54) is 6.07 Å². The number of ether oxygens (including phenoxy) is 1. The molecule has 1 aliphatic heterocycles. The molecule has 1 saturated carbocycles. The third-order valence-corrected chi connectivity index (χ3v) is 4.98. The summed E-state index contributed by atoms with van der Waals surface area (Å²) in [6, 6.07) is 7.04. The quantitative estimate of drug-likeness (QED) is 0.886. The molecule has 1 aliphatic carbocycles. The number of rotatable bonds is 4. The molecule has 1 unspecified atom stereocenters. The zero-order valence-corrected chi connectivity index (χ0v) is 14.6. The first kappa shape index (κ1) is 18.0. The highest BCUT2D eigenvalue weighted by Gasteiger charge is 2.32. The molecule has 2 aromatic rings. The van der Waals surface area contributed by atoms with Crippen LogP contribution in [-0.2, 0) is 17.3 Å². The molecule has 2 aliphatic rings. The van der Waals surface area contributed by atoms with E-state index in [9.17, 15) is 18.0 Å². The number of hydrogen-bond donors (Lipinski definition) is 1. The second-order valence-corrected chi connectivity index (χ2v) is 7.13. The Morgan fingerprint density at radius 3 is 2.85 bits per heavy atom. The number of carbonyl (C=O) groups excluding carboxylic acids is 1. The van der Waals surface area contributed by atoms with Crippen LogP contribution in [0.1, 0.15) is 46.1 Å². The maximum absolute atomic E-state index is 12.9. The van der Waals surface area contributed by atoms with Gasteiger partial charge in [0.2, 0.25) is 0 Å². The number of H-pyrrole nitrogens is 1. The highest BCUT2D eigenvalue weighted by molar-refractivity contribution is 5.92. The second kappa shape index (κ2) is 6.99. The summed E-state index contributed by atoms with van der Waals surface area (Å²) in [7, 11) is 0. The molecule has 1 atom stereocenters. The van der Waals surface area contributed by atoms with Crippen molar-refractivity contribution in [3.8, 4) is 0 Å². The highest BCUT2D eigenvalue weighted by Crippen LogP contribution is 2.39. The van der Waals surface area contributed by atoms with E-state index in [1.807, 2.05) is 0 Å². The third kappa shape index (κ3) is 4.16. The molecular formula is C19H20F3N3O2. The van der Waals surface area contributed by atoms with Crippen LogP contribution in [0.5, 0.6) is 0 Å². The molecule has 144 valence electrons. The molecule has 5 nitrogen and oxygen atoms in total. The summed E-state index contributed by atoms with van der Waals surface area (Å²) in [5.74, 6) is 0.313. The monoisotopic (exact) mass is 379 g/mol. The van der Waals surface area contributed by atoms with E-state index in [1.54, 1.807) is 17.0 Å². The summed E-state index contributed by atoms with van der Waals surface area (Å²) in [4.78, 5) is 14.3. The molecule has 1 aromatic carbocycles. The molecule has 1 amide bonds. The average Bonchev–Trinajstić information content (AvgIpc) is 3.38. The van der Waals surface area contributed by atoms with Crippen LogP contribution in [0.2, 0.25) is 0 Å². The van der Waals surface area contributed by atoms with Crippen molar-refractivity contribution in [3.05, 3.63) is 52.8 Å². The largest absolute Gasteiger partial charge is 0.416 e. The summed E-state index contributed by atoms with van der Waals surface area (Å²) < 4.78 is 44.3. The molecule has 1 saturated heterocycles. The number of halogens is 3. The summed E-state index contributed by atoms with van der Waals surface area (Å²) in [5, 5.41) is 7.04. The molecule has 0 radical (unpaired) electrons. The number of carbonyl (C=O) groups is 1. The van der Waals surface area contributed by atoms with E-state index in [2.05, 4.69) is 10.2 Å². The Morgan fingerprint density at radius 2 is 2.11 bits per heavy atom. The molecule has 0 spiro atoms. The third-order valence-electron chi connectivity index (χ3n) is 4.98. The number of benzene rings is 1. The number of nitrogens with one attached hydrogen (secondary N) is 1. The van der Waals surface area contributed by atoms with Crippen LogP contribution in [-0.4, -0.2) is 46.8 Å². The molecule has 0 bridgehead atoms. The second-order valence-electron chi connectivity index (χ2n) is 7.13. The van der Waals surface area contributed by atoms with Gasteiger partial charge in [-0.3, -0.25) is 9.89 Å². The van der Waals surface area contributed by atoms with Gasteiger partial charge < -0.3 is 9.64 Å². The van der Waals surface area contributed by atoms with Gasteiger partial charge in [0, 0.05) is 31.1 Å². The first-order valence-electron chi connectivity index (χ1n) is 9.02. The topological polar surface area (TPSA) is 58.2 Å². The summed E-state index contributed by atoms with van der Waals surface area (Å²) >= 11 is 0. The van der Waals surface area contributed by atoms with Crippen LogP contribution in [0.15, 0.2) is 30.3 Å². The van der Waals surface area contributed by atoms with Crippen LogP contribution in [0.4, 0.5) is 13.2 Å². The Bertz CT molecular complexity index is 830. The zero-order valence-electron chi connectivity index (χ0n) is 14.6. The highest BCUT2D eigenvalue weighted by atomic mass is 19.4. The van der Waals surface area contributed by atoms with Gasteiger partial charge in [0.1, 0.15) is 5.69 Å². The Morgan fingerprint density at radius 1 is 1.30 bits per heavy atom. The van der Waals surface area contributed by atoms with Crippen molar-refractivity contribution in [1.29, 1.82) is 0 Å². The Hall–Kier alpha value is -2.35. The number of aromatic nitrogens is 2. The van der Waals surface area contributed by atoms with Gasteiger partial charge in [0.15, 0.2) is 0 Å². The number of nitrogens with zero attached hydrogens (tertiary/aromatic N) is 2. The molecule has 2 fully saturated rings. The minimum absolute atomic E-state index is 0.171. The van der Waals surface area contributed by atoms with Crippen molar-refractivity contribution in [2.24, 2.45) is 0 Å². The Balaban J connectivity index is 1.41. The summed E-state index contributed by atoms with van der Waals surface area (Å²) in [6.07, 6.45) is -2.15. The normalized spacial score (nSPS) is 20.7. The van der Waals surface area contributed by atoms with E-state index in [0.29, 0.717) is 43.3 Å². The van der Waals surface area contributed by atoms with Crippen molar-refractivity contribution in [2.45, 2.75) is 37.5 Å². The standard InChI is InChI=1S/C19H20F3N3O2/c20-19(21,22)14-3-1-2-12(8-14)9-15-11-25(6-7-27-15)18(26)17-10-16(23-24-17)13-4-5-13/h1-3,8,10,13,15H,4-7,9,11H2,(H,23,24). The predicted molar refractivity (Wildman–Crippen MR) is 91.4 cm³/mol. The van der Waals surface area contributed by atoms with Crippen molar-refractivity contribution in [2.75, 3.05) is 19.7 Å². The van der Waals surface area contributed by atoms with Gasteiger partial charge in [-0.25, -0.2) is 0 Å². The fourth-order valence-electron chi connectivity index (χ4n) is 3.38. The number of alkyl halides is 3. The van der Waals surface area contributed by atoms with Gasteiger partial charge >= 0.3 is 6.18 Å². The van der Waals surface area contributed by atoms with Gasteiger partial charge in [0.05, 0.1) is 18.3 Å². The van der Waals surface area contributed by atoms with Crippen LogP contribution in [0.25, 0.3) is 0 Å². The van der Waals surface area contributed by atoms with Crippen molar-refractivity contribution >= 4 is 5.91 Å². The Kier molecular flexibility index (Phi) is 4.67. The smallest absolute Gasteiger partial charge is 0.374 e. The van der Waals surface area contributed by atoms with Crippen LogP contribution in [0, 0.1) is 0 Å². The maximum Gasteiger partial charge on any atom is 0.416 e. The van der Waals surface area contributed by atoms with Crippen LogP contribution < -0.4 is 0 Å². The summed E-state index contributed by atoms with van der Waals surface area (Å²) in [5.41, 5.74) is 1.25. The lowest BCUT2D eigenvalue weighted by Gasteiger charge is -2.32. The molecule has 1 N–H and O–H groups in total. The molecule has 27 heavy (non-hydrogen) atoms. The van der Waals surface area contributed by atoms with Crippen molar-refractivity contribution < 1.29 is 22.7 Å². The molecular weight excluding hydrogens is 359 g/mol.